The molecule has 1 aromatic heterocycles. The van der Waals surface area contributed by atoms with Gasteiger partial charge in [0.1, 0.15) is 0 Å². The van der Waals surface area contributed by atoms with Crippen molar-refractivity contribution in [3.63, 3.8) is 0 Å². The third kappa shape index (κ3) is 4.31. The highest BCUT2D eigenvalue weighted by Crippen LogP contribution is 2.29. The van der Waals surface area contributed by atoms with Crippen LogP contribution >= 0.6 is 23.1 Å². The van der Waals surface area contributed by atoms with Gasteiger partial charge in [-0.1, -0.05) is 71.6 Å². The quantitative estimate of drug-likeness (QED) is 0.678. The molecule has 0 saturated carbocycles. The summed E-state index contributed by atoms with van der Waals surface area (Å²) in [6, 6.07) is 20.0. The predicted molar refractivity (Wildman–Crippen MR) is 94.4 cm³/mol. The van der Waals surface area contributed by atoms with E-state index in [1.165, 1.54) is 16.9 Å². The molecule has 0 atom stereocenters. The summed E-state index contributed by atoms with van der Waals surface area (Å²) in [5.41, 5.74) is 2.95. The van der Waals surface area contributed by atoms with E-state index in [2.05, 4.69) is 33.7 Å². The molecule has 6 heteroatoms. The van der Waals surface area contributed by atoms with Crippen LogP contribution in [0.3, 0.4) is 0 Å². The highest BCUT2D eigenvalue weighted by atomic mass is 32.2. The molecule has 0 radical (unpaired) electrons. The molecule has 0 bridgehead atoms. The zero-order valence-corrected chi connectivity index (χ0v) is 13.9. The van der Waals surface area contributed by atoms with Crippen LogP contribution < -0.4 is 5.32 Å². The first kappa shape index (κ1) is 15.5. The van der Waals surface area contributed by atoms with E-state index in [4.69, 9.17) is 5.26 Å². The van der Waals surface area contributed by atoms with Crippen LogP contribution in [0.2, 0.25) is 0 Å². The van der Waals surface area contributed by atoms with Crippen molar-refractivity contribution in [1.29, 1.82) is 5.26 Å². The second kappa shape index (κ2) is 7.77. The number of nitriles is 1. The summed E-state index contributed by atoms with van der Waals surface area (Å²) in [4.78, 5) is 0. The van der Waals surface area contributed by atoms with Crippen molar-refractivity contribution in [2.24, 2.45) is 0 Å². The third-order valence-electron chi connectivity index (χ3n) is 3.18. The fraction of sp³-hybridized carbons (Fsp3) is 0.118. The highest BCUT2D eigenvalue weighted by Gasteiger charge is 2.07. The van der Waals surface area contributed by atoms with Gasteiger partial charge in [-0.25, -0.2) is 0 Å². The molecule has 4 nitrogen and oxygen atoms in total. The minimum absolute atomic E-state index is 0.715. The summed E-state index contributed by atoms with van der Waals surface area (Å²) in [5.74, 6) is 0.719. The van der Waals surface area contributed by atoms with E-state index in [1.54, 1.807) is 11.8 Å². The number of thioether (sulfide) groups is 1. The van der Waals surface area contributed by atoms with Crippen LogP contribution in [-0.4, -0.2) is 10.2 Å². The summed E-state index contributed by atoms with van der Waals surface area (Å²) < 4.78 is 0.897. The lowest BCUT2D eigenvalue weighted by Gasteiger charge is -2.01. The Morgan fingerprint density at radius 1 is 1.04 bits per heavy atom. The molecule has 0 saturated heterocycles. The first-order valence-electron chi connectivity index (χ1n) is 7.07. The van der Waals surface area contributed by atoms with Gasteiger partial charge in [0.2, 0.25) is 5.13 Å². The first-order valence-corrected chi connectivity index (χ1v) is 8.87. The maximum absolute atomic E-state index is 9.10. The van der Waals surface area contributed by atoms with Crippen LogP contribution in [-0.2, 0) is 12.3 Å². The van der Waals surface area contributed by atoms with Crippen LogP contribution in [0.15, 0.2) is 58.9 Å². The molecular formula is C17H14N4S2. The molecule has 0 fully saturated rings. The van der Waals surface area contributed by atoms with E-state index in [-0.39, 0.29) is 0 Å². The van der Waals surface area contributed by atoms with Crippen molar-refractivity contribution in [1.82, 2.24) is 10.2 Å². The van der Waals surface area contributed by atoms with E-state index in [1.807, 2.05) is 42.5 Å². The molecule has 2 aromatic carbocycles. The van der Waals surface area contributed by atoms with Crippen LogP contribution in [0.5, 0.6) is 0 Å². The van der Waals surface area contributed by atoms with E-state index in [0.717, 1.165) is 27.3 Å². The maximum Gasteiger partial charge on any atom is 0.206 e. The van der Waals surface area contributed by atoms with Gasteiger partial charge in [0, 0.05) is 12.3 Å². The molecular weight excluding hydrogens is 324 g/mol. The lowest BCUT2D eigenvalue weighted by molar-refractivity contribution is 0.995. The normalized spacial score (nSPS) is 10.2. The van der Waals surface area contributed by atoms with Gasteiger partial charge in [0.05, 0.1) is 11.6 Å². The van der Waals surface area contributed by atoms with Gasteiger partial charge in [-0.3, -0.25) is 0 Å². The Kier molecular flexibility index (Phi) is 5.25. The number of aromatic nitrogens is 2. The number of benzene rings is 2. The summed E-state index contributed by atoms with van der Waals surface area (Å²) in [5, 5.41) is 21.5. The molecule has 0 unspecified atom stereocenters. The van der Waals surface area contributed by atoms with Crippen molar-refractivity contribution >= 4 is 28.2 Å². The number of anilines is 1. The average Bonchev–Trinajstić information content (AvgIpc) is 3.07. The molecule has 114 valence electrons. The minimum atomic E-state index is 0.715. The van der Waals surface area contributed by atoms with Gasteiger partial charge < -0.3 is 5.32 Å². The van der Waals surface area contributed by atoms with E-state index in [9.17, 15) is 0 Å². The lowest BCUT2D eigenvalue weighted by atomic mass is 10.1. The standard InChI is InChI=1S/C17H14N4S2/c18-10-14-8-4-5-9-15(14)12-22-17-21-20-16(23-17)19-11-13-6-2-1-3-7-13/h1-9H,11-12H2,(H,19,20). The maximum atomic E-state index is 9.10. The largest absolute Gasteiger partial charge is 0.356 e. The van der Waals surface area contributed by atoms with E-state index >= 15 is 0 Å². The van der Waals surface area contributed by atoms with Crippen molar-refractivity contribution in [2.75, 3.05) is 5.32 Å². The van der Waals surface area contributed by atoms with Gasteiger partial charge >= 0.3 is 0 Å². The molecule has 0 amide bonds. The summed E-state index contributed by atoms with van der Waals surface area (Å²) in [6.07, 6.45) is 0. The number of hydrogen-bond donors (Lipinski definition) is 1. The highest BCUT2D eigenvalue weighted by molar-refractivity contribution is 8.00. The average molecular weight is 338 g/mol. The lowest BCUT2D eigenvalue weighted by Crippen LogP contribution is -1.98. The van der Waals surface area contributed by atoms with Gasteiger partial charge in [0.25, 0.3) is 0 Å². The SMILES string of the molecule is N#Cc1ccccc1CSc1nnc(NCc2ccccc2)s1. The zero-order valence-electron chi connectivity index (χ0n) is 12.3. The van der Waals surface area contributed by atoms with Crippen molar-refractivity contribution < 1.29 is 0 Å². The number of nitrogens with zero attached hydrogens (tertiary/aromatic N) is 3. The van der Waals surface area contributed by atoms with Crippen molar-refractivity contribution in [2.45, 2.75) is 16.6 Å². The third-order valence-corrected chi connectivity index (χ3v) is 5.25. The summed E-state index contributed by atoms with van der Waals surface area (Å²) in [6.45, 7) is 0.734. The first-order chi connectivity index (χ1) is 11.3. The van der Waals surface area contributed by atoms with Crippen molar-refractivity contribution in [3.8, 4) is 6.07 Å². The zero-order chi connectivity index (χ0) is 15.9. The van der Waals surface area contributed by atoms with Gasteiger partial charge in [0.15, 0.2) is 4.34 Å². The number of nitrogens with one attached hydrogen (secondary N) is 1. The second-order valence-electron chi connectivity index (χ2n) is 4.77. The molecule has 0 spiro atoms. The van der Waals surface area contributed by atoms with Gasteiger partial charge in [-0.2, -0.15) is 5.26 Å². The molecule has 1 heterocycles. The molecule has 1 N–H and O–H groups in total. The molecule has 0 aliphatic rings. The summed E-state index contributed by atoms with van der Waals surface area (Å²) >= 11 is 3.13. The number of rotatable bonds is 6. The predicted octanol–water partition coefficient (Wildman–Crippen LogP) is 4.31. The molecule has 0 aliphatic carbocycles. The minimum Gasteiger partial charge on any atom is -0.356 e. The summed E-state index contributed by atoms with van der Waals surface area (Å²) in [7, 11) is 0. The topological polar surface area (TPSA) is 61.6 Å². The Morgan fingerprint density at radius 2 is 1.83 bits per heavy atom. The molecule has 3 rings (SSSR count). The van der Waals surface area contributed by atoms with Crippen LogP contribution in [0, 0.1) is 11.3 Å². The van der Waals surface area contributed by atoms with Crippen LogP contribution in [0.4, 0.5) is 5.13 Å². The van der Waals surface area contributed by atoms with Crippen LogP contribution in [0.25, 0.3) is 0 Å². The Labute approximate surface area is 143 Å². The van der Waals surface area contributed by atoms with E-state index in [0.29, 0.717) is 5.56 Å². The van der Waals surface area contributed by atoms with Crippen LogP contribution in [0.1, 0.15) is 16.7 Å². The molecule has 3 aromatic rings. The monoisotopic (exact) mass is 338 g/mol. The fourth-order valence-corrected chi connectivity index (χ4v) is 3.76. The Bertz CT molecular complexity index is 809. The molecule has 0 aliphatic heterocycles. The Balaban J connectivity index is 1.56. The fourth-order valence-electron chi connectivity index (χ4n) is 2.01. The van der Waals surface area contributed by atoms with Crippen molar-refractivity contribution in [3.05, 3.63) is 71.3 Å². The smallest absolute Gasteiger partial charge is 0.206 e. The van der Waals surface area contributed by atoms with E-state index < -0.39 is 0 Å². The Morgan fingerprint density at radius 3 is 2.65 bits per heavy atom. The second-order valence-corrected chi connectivity index (χ2v) is 6.97. The Hall–Kier alpha value is -2.36. The molecule has 23 heavy (non-hydrogen) atoms. The van der Waals surface area contributed by atoms with Gasteiger partial charge in [-0.05, 0) is 17.2 Å². The van der Waals surface area contributed by atoms with Gasteiger partial charge in [-0.15, -0.1) is 10.2 Å². The number of hydrogen-bond acceptors (Lipinski definition) is 6.